The maximum atomic E-state index is 9.18. The van der Waals surface area contributed by atoms with Crippen LogP contribution in [0.3, 0.4) is 0 Å². The topological polar surface area (TPSA) is 92.7 Å². The van der Waals surface area contributed by atoms with Crippen LogP contribution in [0.2, 0.25) is 0 Å². The first-order valence-corrected chi connectivity index (χ1v) is 6.57. The van der Waals surface area contributed by atoms with Crippen molar-refractivity contribution >= 4 is 11.9 Å². The van der Waals surface area contributed by atoms with Gasteiger partial charge in [0.15, 0.2) is 6.23 Å². The summed E-state index contributed by atoms with van der Waals surface area (Å²) in [5, 5.41) is 12.9. The molecule has 3 unspecified atom stereocenters. The van der Waals surface area contributed by atoms with Gasteiger partial charge in [0.1, 0.15) is 6.10 Å². The number of terminal acetylenes is 1. The van der Waals surface area contributed by atoms with E-state index in [1.165, 1.54) is 0 Å². The molecule has 0 amide bonds. The lowest BCUT2D eigenvalue weighted by atomic mass is 10.2. The predicted molar refractivity (Wildman–Crippen MR) is 81.9 cm³/mol. The van der Waals surface area contributed by atoms with Crippen LogP contribution in [0, 0.1) is 12.3 Å². The summed E-state index contributed by atoms with van der Waals surface area (Å²) < 4.78 is 10.8. The molecule has 0 bridgehead atoms. The van der Waals surface area contributed by atoms with Crippen molar-refractivity contribution in [3.8, 4) is 12.3 Å². The van der Waals surface area contributed by atoms with Gasteiger partial charge in [-0.2, -0.15) is 5.10 Å². The minimum absolute atomic E-state index is 0.102. The van der Waals surface area contributed by atoms with Crippen molar-refractivity contribution < 1.29 is 14.6 Å². The number of hydrazone groups is 1. The Kier molecular flexibility index (Phi) is 7.46. The molecule has 1 saturated heterocycles. The van der Waals surface area contributed by atoms with Crippen LogP contribution >= 0.6 is 0 Å². The second-order valence-corrected chi connectivity index (χ2v) is 4.51. The van der Waals surface area contributed by atoms with Crippen LogP contribution in [0.25, 0.3) is 0 Å². The van der Waals surface area contributed by atoms with Crippen molar-refractivity contribution in [2.75, 3.05) is 26.8 Å². The van der Waals surface area contributed by atoms with Gasteiger partial charge in [0, 0.05) is 19.7 Å². The summed E-state index contributed by atoms with van der Waals surface area (Å²) in [7, 11) is 1.58. The molecule has 7 nitrogen and oxygen atoms in total. The first-order valence-electron chi connectivity index (χ1n) is 6.57. The number of aliphatic imine (C=N–C) groups is 1. The Balaban J connectivity index is 2.58. The second-order valence-electron chi connectivity index (χ2n) is 4.51. The third-order valence-electron chi connectivity index (χ3n) is 3.14. The fourth-order valence-corrected chi connectivity index (χ4v) is 1.99. The van der Waals surface area contributed by atoms with Crippen LogP contribution in [-0.2, 0) is 9.47 Å². The Bertz CT molecular complexity index is 418. The maximum Gasteiger partial charge on any atom is 0.151 e. The van der Waals surface area contributed by atoms with E-state index in [1.54, 1.807) is 24.4 Å². The molecule has 1 aliphatic heterocycles. The monoisotopic (exact) mass is 294 g/mol. The van der Waals surface area contributed by atoms with Gasteiger partial charge < -0.3 is 25.3 Å². The molecule has 0 aromatic heterocycles. The summed E-state index contributed by atoms with van der Waals surface area (Å²) in [4.78, 5) is 6.06. The lowest BCUT2D eigenvalue weighted by Crippen LogP contribution is -2.27. The van der Waals surface area contributed by atoms with E-state index in [2.05, 4.69) is 22.6 Å². The summed E-state index contributed by atoms with van der Waals surface area (Å²) in [5.74, 6) is 7.86. The summed E-state index contributed by atoms with van der Waals surface area (Å²) in [6, 6.07) is 0. The number of nitrogens with two attached hydrogens (primary N) is 1. The van der Waals surface area contributed by atoms with Gasteiger partial charge in [0.25, 0.3) is 0 Å². The highest BCUT2D eigenvalue weighted by molar-refractivity contribution is 6.31. The fourth-order valence-electron chi connectivity index (χ4n) is 1.99. The highest BCUT2D eigenvalue weighted by Crippen LogP contribution is 2.23. The van der Waals surface area contributed by atoms with Crippen molar-refractivity contribution in [2.45, 2.75) is 24.9 Å². The van der Waals surface area contributed by atoms with Gasteiger partial charge >= 0.3 is 0 Å². The van der Waals surface area contributed by atoms with E-state index >= 15 is 0 Å². The predicted octanol–water partition coefficient (Wildman–Crippen LogP) is -0.427. The fraction of sp³-hybridized carbons (Fsp3) is 0.571. The van der Waals surface area contributed by atoms with E-state index in [9.17, 15) is 5.11 Å². The normalized spacial score (nSPS) is 26.0. The van der Waals surface area contributed by atoms with Crippen LogP contribution in [-0.4, -0.2) is 67.2 Å². The number of hydrogen-bond acceptors (Lipinski definition) is 7. The van der Waals surface area contributed by atoms with Crippen LogP contribution in [0.1, 0.15) is 6.42 Å². The SMILES string of the molecule is C#CCN(C=C)CC(/C=N/C1CC(OC)C(CO)O1)=N/N. The maximum absolute atomic E-state index is 9.18. The van der Waals surface area contributed by atoms with Crippen LogP contribution in [0.15, 0.2) is 22.9 Å². The van der Waals surface area contributed by atoms with E-state index in [0.717, 1.165) is 0 Å². The van der Waals surface area contributed by atoms with Crippen molar-refractivity contribution in [2.24, 2.45) is 15.9 Å². The Morgan fingerprint density at radius 1 is 1.71 bits per heavy atom. The standard InChI is InChI=1S/C14H22N4O3/c1-4-6-18(5-2)9-11(17-15)8-16-14-7-12(20-3)13(10-19)21-14/h1,5,8,12-14,19H,2,6-7,9-10,15H2,3H3/b16-8+,17-11+. The van der Waals surface area contributed by atoms with Gasteiger partial charge in [0.2, 0.25) is 0 Å². The molecule has 1 rings (SSSR count). The number of rotatable bonds is 8. The summed E-state index contributed by atoms with van der Waals surface area (Å²) in [6.07, 6.45) is 8.09. The highest BCUT2D eigenvalue weighted by Gasteiger charge is 2.34. The first-order chi connectivity index (χ1) is 10.2. The number of nitrogens with zero attached hydrogens (tertiary/aromatic N) is 3. The van der Waals surface area contributed by atoms with E-state index in [4.69, 9.17) is 21.7 Å². The average Bonchev–Trinajstić information content (AvgIpc) is 2.92. The molecular weight excluding hydrogens is 272 g/mol. The number of aliphatic hydroxyl groups is 1. The van der Waals surface area contributed by atoms with E-state index in [1.807, 2.05) is 0 Å². The van der Waals surface area contributed by atoms with E-state index in [0.29, 0.717) is 25.2 Å². The lowest BCUT2D eigenvalue weighted by Gasteiger charge is -2.16. The third kappa shape index (κ3) is 5.19. The van der Waals surface area contributed by atoms with Gasteiger partial charge in [-0.05, 0) is 6.20 Å². The van der Waals surface area contributed by atoms with Gasteiger partial charge in [-0.15, -0.1) is 6.42 Å². The van der Waals surface area contributed by atoms with Crippen molar-refractivity contribution in [1.82, 2.24) is 4.90 Å². The summed E-state index contributed by atoms with van der Waals surface area (Å²) in [6.45, 7) is 4.39. The van der Waals surface area contributed by atoms with Gasteiger partial charge in [-0.1, -0.05) is 12.5 Å². The number of aliphatic hydroxyl groups excluding tert-OH is 1. The Labute approximate surface area is 125 Å². The zero-order chi connectivity index (χ0) is 15.7. The third-order valence-corrected chi connectivity index (χ3v) is 3.14. The molecule has 21 heavy (non-hydrogen) atoms. The van der Waals surface area contributed by atoms with Crippen molar-refractivity contribution in [1.29, 1.82) is 0 Å². The van der Waals surface area contributed by atoms with Gasteiger partial charge in [-0.25, -0.2) is 0 Å². The Hall–Kier alpha value is -1.88. The number of ether oxygens (including phenoxy) is 2. The van der Waals surface area contributed by atoms with Crippen molar-refractivity contribution in [3.63, 3.8) is 0 Å². The summed E-state index contributed by atoms with van der Waals surface area (Å²) in [5.41, 5.74) is 0.551. The second kappa shape index (κ2) is 9.13. The van der Waals surface area contributed by atoms with Crippen molar-refractivity contribution in [3.05, 3.63) is 12.8 Å². The molecule has 1 fully saturated rings. The molecule has 0 radical (unpaired) electrons. The lowest BCUT2D eigenvalue weighted by molar-refractivity contribution is -0.0318. The smallest absolute Gasteiger partial charge is 0.151 e. The first kappa shape index (κ1) is 17.2. The molecule has 0 aliphatic carbocycles. The number of methoxy groups -OCH3 is 1. The zero-order valence-corrected chi connectivity index (χ0v) is 12.2. The molecule has 0 aromatic rings. The van der Waals surface area contributed by atoms with Crippen LogP contribution in [0.5, 0.6) is 0 Å². The molecule has 3 atom stereocenters. The molecule has 7 heteroatoms. The Morgan fingerprint density at radius 3 is 2.95 bits per heavy atom. The minimum Gasteiger partial charge on any atom is -0.394 e. The van der Waals surface area contributed by atoms with Crippen LogP contribution < -0.4 is 5.84 Å². The van der Waals surface area contributed by atoms with E-state index < -0.39 is 0 Å². The van der Waals surface area contributed by atoms with E-state index in [-0.39, 0.29) is 25.0 Å². The van der Waals surface area contributed by atoms with Gasteiger partial charge in [-0.3, -0.25) is 4.99 Å². The molecule has 1 aliphatic rings. The molecular formula is C14H22N4O3. The highest BCUT2D eigenvalue weighted by atomic mass is 16.6. The van der Waals surface area contributed by atoms with Gasteiger partial charge in [0.05, 0.1) is 31.5 Å². The molecule has 0 spiro atoms. The number of hydrogen-bond donors (Lipinski definition) is 2. The van der Waals surface area contributed by atoms with Crippen LogP contribution in [0.4, 0.5) is 0 Å². The molecule has 0 aromatic carbocycles. The molecule has 3 N–H and O–H groups in total. The Morgan fingerprint density at radius 2 is 2.48 bits per heavy atom. The molecule has 116 valence electrons. The summed E-state index contributed by atoms with van der Waals surface area (Å²) >= 11 is 0. The zero-order valence-electron chi connectivity index (χ0n) is 12.2. The molecule has 0 saturated carbocycles. The average molecular weight is 294 g/mol. The largest absolute Gasteiger partial charge is 0.394 e. The quantitative estimate of drug-likeness (QED) is 0.274. The minimum atomic E-state index is -0.381. The molecule has 1 heterocycles.